The predicted octanol–water partition coefficient (Wildman–Crippen LogP) is 0.966. The van der Waals surface area contributed by atoms with Gasteiger partial charge in [-0.2, -0.15) is 5.10 Å². The van der Waals surface area contributed by atoms with E-state index in [-0.39, 0.29) is 5.56 Å². The van der Waals surface area contributed by atoms with Gasteiger partial charge in [-0.25, -0.2) is 14.3 Å². The molecular formula is C20H26N8O. The molecule has 152 valence electrons. The van der Waals surface area contributed by atoms with Crippen molar-refractivity contribution in [1.29, 1.82) is 0 Å². The molecule has 0 radical (unpaired) electrons. The summed E-state index contributed by atoms with van der Waals surface area (Å²) in [5.41, 5.74) is 2.76. The van der Waals surface area contributed by atoms with Gasteiger partial charge >= 0.3 is 0 Å². The number of anilines is 1. The van der Waals surface area contributed by atoms with Gasteiger partial charge < -0.3 is 4.90 Å². The minimum absolute atomic E-state index is 0.0937. The minimum Gasteiger partial charge on any atom is -0.353 e. The van der Waals surface area contributed by atoms with Crippen LogP contribution in [-0.4, -0.2) is 67.2 Å². The quantitative estimate of drug-likeness (QED) is 0.637. The maximum Gasteiger partial charge on any atom is 0.266 e. The fourth-order valence-electron chi connectivity index (χ4n) is 3.56. The topological polar surface area (TPSA) is 85.0 Å². The second kappa shape index (κ2) is 8.12. The highest BCUT2D eigenvalue weighted by Gasteiger charge is 2.18. The molecule has 1 fully saturated rings. The first-order valence-electron chi connectivity index (χ1n) is 9.87. The van der Waals surface area contributed by atoms with E-state index in [1.165, 1.54) is 4.68 Å². The van der Waals surface area contributed by atoms with Crippen LogP contribution in [-0.2, 0) is 6.54 Å². The van der Waals surface area contributed by atoms with Gasteiger partial charge in [-0.1, -0.05) is 0 Å². The number of nitrogens with zero attached hydrogens (tertiary/aromatic N) is 8. The molecule has 1 aliphatic rings. The zero-order valence-corrected chi connectivity index (χ0v) is 17.1. The fraction of sp³-hybridized carbons (Fsp3) is 0.450. The van der Waals surface area contributed by atoms with Crippen LogP contribution in [0.2, 0.25) is 0 Å². The lowest BCUT2D eigenvalue weighted by atomic mass is 10.3. The van der Waals surface area contributed by atoms with Crippen LogP contribution in [0.1, 0.15) is 17.1 Å². The Kier molecular flexibility index (Phi) is 5.39. The van der Waals surface area contributed by atoms with E-state index in [1.807, 2.05) is 33.0 Å². The molecule has 0 saturated carbocycles. The molecule has 0 N–H and O–H groups in total. The Labute approximate surface area is 169 Å². The summed E-state index contributed by atoms with van der Waals surface area (Å²) >= 11 is 0. The summed E-state index contributed by atoms with van der Waals surface area (Å²) < 4.78 is 3.30. The number of aromatic nitrogens is 6. The summed E-state index contributed by atoms with van der Waals surface area (Å²) in [6, 6.07) is 5.28. The average Bonchev–Trinajstić information content (AvgIpc) is 3.06. The van der Waals surface area contributed by atoms with E-state index >= 15 is 0 Å². The molecular weight excluding hydrogens is 368 g/mol. The van der Waals surface area contributed by atoms with Crippen LogP contribution in [0.3, 0.4) is 0 Å². The minimum atomic E-state index is -0.0937. The maximum absolute atomic E-state index is 12.3. The Balaban J connectivity index is 1.37. The number of piperazine rings is 1. The Morgan fingerprint density at radius 3 is 2.31 bits per heavy atom. The fourth-order valence-corrected chi connectivity index (χ4v) is 3.56. The van der Waals surface area contributed by atoms with Gasteiger partial charge in [0, 0.05) is 44.5 Å². The van der Waals surface area contributed by atoms with Crippen molar-refractivity contribution in [3.63, 3.8) is 0 Å². The van der Waals surface area contributed by atoms with Crippen LogP contribution in [0.5, 0.6) is 0 Å². The van der Waals surface area contributed by atoms with E-state index in [0.717, 1.165) is 55.6 Å². The molecule has 0 unspecified atom stereocenters. The van der Waals surface area contributed by atoms with Crippen LogP contribution in [0.4, 0.5) is 5.82 Å². The molecule has 0 atom stereocenters. The first kappa shape index (κ1) is 19.3. The largest absolute Gasteiger partial charge is 0.353 e. The van der Waals surface area contributed by atoms with Crippen molar-refractivity contribution >= 4 is 5.82 Å². The summed E-state index contributed by atoms with van der Waals surface area (Å²) in [4.78, 5) is 25.6. The number of rotatable bonds is 5. The molecule has 1 saturated heterocycles. The van der Waals surface area contributed by atoms with Gasteiger partial charge in [-0.05, 0) is 32.9 Å². The van der Waals surface area contributed by atoms with E-state index < -0.39 is 0 Å². The van der Waals surface area contributed by atoms with Crippen LogP contribution in [0, 0.1) is 20.8 Å². The Morgan fingerprint density at radius 1 is 0.862 bits per heavy atom. The van der Waals surface area contributed by atoms with Gasteiger partial charge in [0.1, 0.15) is 5.82 Å². The third-order valence-electron chi connectivity index (χ3n) is 5.17. The predicted molar refractivity (Wildman–Crippen MR) is 111 cm³/mol. The molecule has 3 aromatic rings. The molecule has 3 aromatic heterocycles. The molecule has 4 heterocycles. The van der Waals surface area contributed by atoms with E-state index in [2.05, 4.69) is 30.0 Å². The highest BCUT2D eigenvalue weighted by molar-refractivity contribution is 5.36. The summed E-state index contributed by atoms with van der Waals surface area (Å²) in [5.74, 6) is 1.59. The van der Waals surface area contributed by atoms with Crippen LogP contribution in [0.15, 0.2) is 35.4 Å². The summed E-state index contributed by atoms with van der Waals surface area (Å²) in [5, 5.41) is 8.98. The Morgan fingerprint density at radius 2 is 1.66 bits per heavy atom. The lowest BCUT2D eigenvalue weighted by Crippen LogP contribution is -2.48. The standard InChI is InChI=1S/C20H26N8O/c1-15-12-17(3)28(23-15)18-4-5-20(29)27(24-18)11-8-25-6-9-26(10-7-25)19-14-21-16(2)13-22-19/h4-5,12-14H,6-11H2,1-3H3. The summed E-state index contributed by atoms with van der Waals surface area (Å²) in [6.07, 6.45) is 3.63. The van der Waals surface area contributed by atoms with Crippen LogP contribution in [0.25, 0.3) is 5.82 Å². The Hall–Kier alpha value is -3.07. The van der Waals surface area contributed by atoms with Gasteiger partial charge in [-0.15, -0.1) is 5.10 Å². The van der Waals surface area contributed by atoms with Crippen molar-refractivity contribution in [1.82, 2.24) is 34.4 Å². The highest BCUT2D eigenvalue weighted by atomic mass is 16.1. The average molecular weight is 394 g/mol. The van der Waals surface area contributed by atoms with Crippen molar-refractivity contribution in [3.05, 3.63) is 58.0 Å². The van der Waals surface area contributed by atoms with Gasteiger partial charge in [0.2, 0.25) is 0 Å². The zero-order chi connectivity index (χ0) is 20.4. The smallest absolute Gasteiger partial charge is 0.266 e. The molecule has 0 aliphatic carbocycles. The SMILES string of the molecule is Cc1cnc(N2CCN(CCn3nc(-n4nc(C)cc4C)ccc3=O)CC2)cn1. The van der Waals surface area contributed by atoms with Gasteiger partial charge in [0.25, 0.3) is 5.56 Å². The molecule has 0 aromatic carbocycles. The molecule has 9 nitrogen and oxygen atoms in total. The maximum atomic E-state index is 12.3. The third-order valence-corrected chi connectivity index (χ3v) is 5.17. The monoisotopic (exact) mass is 394 g/mol. The number of aryl methyl sites for hydroxylation is 3. The van der Waals surface area contributed by atoms with Crippen molar-refractivity contribution in [3.8, 4) is 5.82 Å². The van der Waals surface area contributed by atoms with Crippen molar-refractivity contribution < 1.29 is 0 Å². The normalized spacial score (nSPS) is 15.1. The second-order valence-electron chi connectivity index (χ2n) is 7.44. The van der Waals surface area contributed by atoms with Crippen molar-refractivity contribution in [2.45, 2.75) is 27.3 Å². The van der Waals surface area contributed by atoms with Gasteiger partial charge in [-0.3, -0.25) is 14.7 Å². The summed E-state index contributed by atoms with van der Waals surface area (Å²) in [7, 11) is 0. The second-order valence-corrected chi connectivity index (χ2v) is 7.44. The van der Waals surface area contributed by atoms with Gasteiger partial charge in [0.15, 0.2) is 5.82 Å². The molecule has 0 amide bonds. The molecule has 1 aliphatic heterocycles. The van der Waals surface area contributed by atoms with Crippen molar-refractivity contribution in [2.24, 2.45) is 0 Å². The molecule has 0 spiro atoms. The lowest BCUT2D eigenvalue weighted by Gasteiger charge is -2.35. The van der Waals surface area contributed by atoms with Gasteiger partial charge in [0.05, 0.1) is 30.3 Å². The first-order chi connectivity index (χ1) is 14.0. The highest BCUT2D eigenvalue weighted by Crippen LogP contribution is 2.12. The van der Waals surface area contributed by atoms with Crippen LogP contribution < -0.4 is 10.5 Å². The van der Waals surface area contributed by atoms with E-state index in [9.17, 15) is 4.79 Å². The molecule has 4 rings (SSSR count). The molecule has 0 bridgehead atoms. The van der Waals surface area contributed by atoms with Crippen LogP contribution >= 0.6 is 0 Å². The summed E-state index contributed by atoms with van der Waals surface area (Å²) in [6.45, 7) is 10.8. The zero-order valence-electron chi connectivity index (χ0n) is 17.1. The van der Waals surface area contributed by atoms with E-state index in [4.69, 9.17) is 0 Å². The number of hydrogen-bond donors (Lipinski definition) is 0. The van der Waals surface area contributed by atoms with Crippen molar-refractivity contribution in [2.75, 3.05) is 37.6 Å². The third kappa shape index (κ3) is 4.34. The number of hydrogen-bond acceptors (Lipinski definition) is 7. The molecule has 9 heteroatoms. The molecule has 29 heavy (non-hydrogen) atoms. The lowest BCUT2D eigenvalue weighted by molar-refractivity contribution is 0.242. The van der Waals surface area contributed by atoms with E-state index in [0.29, 0.717) is 12.4 Å². The Bertz CT molecular complexity index is 1030. The van der Waals surface area contributed by atoms with E-state index in [1.54, 1.807) is 23.0 Å². The first-order valence-corrected chi connectivity index (χ1v) is 9.87.